The summed E-state index contributed by atoms with van der Waals surface area (Å²) in [5.74, 6) is 0. The van der Waals surface area contributed by atoms with Crippen LogP contribution in [0, 0.1) is 6.08 Å². The van der Waals surface area contributed by atoms with E-state index >= 15 is 0 Å². The van der Waals surface area contributed by atoms with Crippen molar-refractivity contribution in [2.75, 3.05) is 0 Å². The van der Waals surface area contributed by atoms with Crippen LogP contribution >= 0.6 is 0 Å². The fourth-order valence-corrected chi connectivity index (χ4v) is 1.24. The number of halogens is 2. The summed E-state index contributed by atoms with van der Waals surface area (Å²) in [6, 6.07) is 0. The van der Waals surface area contributed by atoms with E-state index in [0.29, 0.717) is 0 Å². The van der Waals surface area contributed by atoms with Crippen molar-refractivity contribution in [1.29, 1.82) is 0 Å². The Morgan fingerprint density at radius 1 is 1.25 bits per heavy atom. The van der Waals surface area contributed by atoms with E-state index in [9.17, 15) is 0 Å². The zero-order valence-electron chi connectivity index (χ0n) is 7.45. The first-order valence-corrected chi connectivity index (χ1v) is 3.67. The summed E-state index contributed by atoms with van der Waals surface area (Å²) in [4.78, 5) is 0. The molecule has 0 aliphatic heterocycles. The van der Waals surface area contributed by atoms with E-state index in [1.165, 1.54) is 17.6 Å². The first kappa shape index (κ1) is 19.0. The van der Waals surface area contributed by atoms with Gasteiger partial charge in [0.1, 0.15) is 0 Å². The van der Waals surface area contributed by atoms with Crippen molar-refractivity contribution in [1.82, 2.24) is 0 Å². The van der Waals surface area contributed by atoms with Crippen LogP contribution < -0.4 is 34.0 Å². The molecule has 1 aliphatic carbocycles. The minimum Gasteiger partial charge on any atom is -1.00 e. The van der Waals surface area contributed by atoms with Gasteiger partial charge < -0.3 is 34.0 Å². The second kappa shape index (κ2) is 10.4. The summed E-state index contributed by atoms with van der Waals surface area (Å²) in [7, 11) is 0. The summed E-state index contributed by atoms with van der Waals surface area (Å²) in [6.07, 6.45) is 8.99. The number of hydrogen-bond acceptors (Lipinski definition) is 0. The Balaban J connectivity index is -0.000000270. The molecule has 0 amide bonds. The molecule has 0 unspecified atom stereocenters. The summed E-state index contributed by atoms with van der Waals surface area (Å²) < 4.78 is 0. The van der Waals surface area contributed by atoms with Crippen molar-refractivity contribution in [2.45, 2.75) is 33.1 Å². The van der Waals surface area contributed by atoms with Gasteiger partial charge in [0.05, 0.1) is 0 Å². The number of hydrogen-bond donors (Lipinski definition) is 0. The van der Waals surface area contributed by atoms with Crippen LogP contribution in [0.25, 0.3) is 0 Å². The van der Waals surface area contributed by atoms with E-state index in [4.69, 9.17) is 0 Å². The molecule has 0 heterocycles. The van der Waals surface area contributed by atoms with Crippen molar-refractivity contribution >= 4 is 0 Å². The first-order chi connectivity index (χ1) is 4.38. The molecule has 0 N–H and O–H groups in total. The summed E-state index contributed by atoms with van der Waals surface area (Å²) in [6.45, 7) is 4.39. The smallest absolute Gasteiger partial charge is 1.00 e. The van der Waals surface area contributed by atoms with E-state index < -0.39 is 0 Å². The Morgan fingerprint density at radius 3 is 2.17 bits per heavy atom. The Bertz CT molecular complexity index is 144. The van der Waals surface area contributed by atoms with Crippen LogP contribution in [-0.4, -0.2) is 0 Å². The molecule has 0 atom stereocenters. The van der Waals surface area contributed by atoms with Gasteiger partial charge in [0.25, 0.3) is 0 Å². The Morgan fingerprint density at radius 2 is 1.83 bits per heavy atom. The van der Waals surface area contributed by atoms with Crippen molar-refractivity contribution < 1.29 is 60.2 Å². The van der Waals surface area contributed by atoms with Gasteiger partial charge in [0.2, 0.25) is 0 Å². The third-order valence-electron chi connectivity index (χ3n) is 1.79. The fraction of sp³-hybridized carbons (Fsp3) is 0.556. The van der Waals surface area contributed by atoms with Gasteiger partial charge in [-0.2, -0.15) is 11.6 Å². The SMILES string of the molecule is CCC1=[C-]CC=C1CC.[Br-].[Br-].[Zr+3]. The zero-order valence-corrected chi connectivity index (χ0v) is 13.1. The van der Waals surface area contributed by atoms with Crippen LogP contribution in [0.2, 0.25) is 0 Å². The molecule has 67 valence electrons. The van der Waals surface area contributed by atoms with Gasteiger partial charge in [-0.15, -0.1) is 6.42 Å². The average molecular weight is 372 g/mol. The maximum Gasteiger partial charge on any atom is 3.00 e. The van der Waals surface area contributed by atoms with E-state index in [0.717, 1.165) is 12.8 Å². The first-order valence-electron chi connectivity index (χ1n) is 3.67. The summed E-state index contributed by atoms with van der Waals surface area (Å²) >= 11 is 0. The van der Waals surface area contributed by atoms with Gasteiger partial charge in [-0.05, 0) is 0 Å². The van der Waals surface area contributed by atoms with Gasteiger partial charge in [-0.25, -0.2) is 5.57 Å². The van der Waals surface area contributed by atoms with Crippen LogP contribution in [0.5, 0.6) is 0 Å². The second-order valence-corrected chi connectivity index (χ2v) is 2.30. The summed E-state index contributed by atoms with van der Waals surface area (Å²) in [5.41, 5.74) is 2.95. The molecule has 12 heavy (non-hydrogen) atoms. The van der Waals surface area contributed by atoms with E-state index in [-0.39, 0.29) is 60.2 Å². The fourth-order valence-electron chi connectivity index (χ4n) is 1.24. The number of allylic oxidation sites excluding steroid dienone is 4. The van der Waals surface area contributed by atoms with Gasteiger partial charge >= 0.3 is 26.2 Å². The maximum absolute atomic E-state index is 3.33. The third kappa shape index (κ3) is 5.14. The molecular formula is C9H13Br2Zr. The van der Waals surface area contributed by atoms with Crippen molar-refractivity contribution in [3.63, 3.8) is 0 Å². The molecule has 0 spiro atoms. The van der Waals surface area contributed by atoms with Crippen LogP contribution in [-0.2, 0) is 26.2 Å². The zero-order chi connectivity index (χ0) is 6.69. The predicted octanol–water partition coefficient (Wildman–Crippen LogP) is -3.13. The van der Waals surface area contributed by atoms with Crippen molar-refractivity contribution in [3.05, 3.63) is 23.3 Å². The normalized spacial score (nSPS) is 13.2. The molecule has 0 aromatic rings. The summed E-state index contributed by atoms with van der Waals surface area (Å²) in [5, 5.41) is 0. The molecule has 0 aromatic carbocycles. The molecule has 0 fully saturated rings. The van der Waals surface area contributed by atoms with Crippen LogP contribution in [0.15, 0.2) is 17.2 Å². The molecule has 1 radical (unpaired) electrons. The van der Waals surface area contributed by atoms with E-state index in [1.807, 2.05) is 0 Å². The molecule has 3 heteroatoms. The van der Waals surface area contributed by atoms with Gasteiger partial charge in [-0.1, -0.05) is 26.7 Å². The molecule has 0 saturated carbocycles. The van der Waals surface area contributed by atoms with Gasteiger partial charge in [0, 0.05) is 0 Å². The standard InChI is InChI=1S/C9H13.2BrH.Zr/c1-3-8-6-5-7-9(8)4-2;;;/h6H,3-5H2,1-2H3;2*1H;/q-1;;;+3/p-2. The minimum atomic E-state index is 0. The monoisotopic (exact) mass is 369 g/mol. The van der Waals surface area contributed by atoms with Crippen molar-refractivity contribution in [3.8, 4) is 0 Å². The topological polar surface area (TPSA) is 0 Å². The van der Waals surface area contributed by atoms with Crippen molar-refractivity contribution in [2.24, 2.45) is 0 Å². The molecule has 0 aromatic heterocycles. The average Bonchev–Trinajstić information content (AvgIpc) is 2.33. The van der Waals surface area contributed by atoms with Gasteiger partial charge in [0.15, 0.2) is 0 Å². The molecule has 1 aliphatic rings. The van der Waals surface area contributed by atoms with Crippen LogP contribution in [0.1, 0.15) is 33.1 Å². The van der Waals surface area contributed by atoms with E-state index in [2.05, 4.69) is 26.0 Å². The second-order valence-electron chi connectivity index (χ2n) is 2.30. The molecule has 0 saturated heterocycles. The quantitative estimate of drug-likeness (QED) is 0.450. The maximum atomic E-state index is 3.33. The minimum absolute atomic E-state index is 0. The van der Waals surface area contributed by atoms with Gasteiger partial charge in [-0.3, -0.25) is 6.08 Å². The van der Waals surface area contributed by atoms with Crippen LogP contribution in [0.3, 0.4) is 0 Å². The Kier molecular flexibility index (Phi) is 16.5. The molecule has 0 bridgehead atoms. The Hall–Kier alpha value is 1.32. The van der Waals surface area contributed by atoms with Crippen LogP contribution in [0.4, 0.5) is 0 Å². The molecular weight excluding hydrogens is 359 g/mol. The number of rotatable bonds is 2. The Labute approximate surface area is 116 Å². The largest absolute Gasteiger partial charge is 3.00 e. The predicted molar refractivity (Wildman–Crippen MR) is 40.0 cm³/mol. The third-order valence-corrected chi connectivity index (χ3v) is 1.79. The molecule has 1 rings (SSSR count). The molecule has 0 nitrogen and oxygen atoms in total. The van der Waals surface area contributed by atoms with E-state index in [1.54, 1.807) is 0 Å².